The Kier molecular flexibility index (Phi) is 3.66. The van der Waals surface area contributed by atoms with Gasteiger partial charge in [-0.05, 0) is 18.7 Å². The molecule has 0 aliphatic carbocycles. The predicted molar refractivity (Wildman–Crippen MR) is 68.2 cm³/mol. The van der Waals surface area contributed by atoms with Gasteiger partial charge in [-0.2, -0.15) is 0 Å². The van der Waals surface area contributed by atoms with E-state index in [9.17, 15) is 0 Å². The van der Waals surface area contributed by atoms with E-state index in [0.29, 0.717) is 6.54 Å². The van der Waals surface area contributed by atoms with Crippen LogP contribution in [0.1, 0.15) is 11.3 Å². The standard InChI is InChI=1S/C12H15N3S/c1-14-7-11-8-16-12(15-11)10-4-2-3-9(5-10)6-13/h2-5,8,14H,6-7,13H2,1H3. The lowest BCUT2D eigenvalue weighted by Crippen LogP contribution is -2.04. The van der Waals surface area contributed by atoms with E-state index >= 15 is 0 Å². The van der Waals surface area contributed by atoms with Gasteiger partial charge >= 0.3 is 0 Å². The van der Waals surface area contributed by atoms with Gasteiger partial charge in [-0.1, -0.05) is 18.2 Å². The van der Waals surface area contributed by atoms with Gasteiger partial charge in [-0.15, -0.1) is 11.3 Å². The highest BCUT2D eigenvalue weighted by Gasteiger charge is 2.04. The minimum atomic E-state index is 0.572. The Labute approximate surface area is 99.3 Å². The molecule has 0 aliphatic heterocycles. The molecule has 1 heterocycles. The normalized spacial score (nSPS) is 10.6. The van der Waals surface area contributed by atoms with Crippen LogP contribution in [0, 0.1) is 0 Å². The van der Waals surface area contributed by atoms with Crippen molar-refractivity contribution < 1.29 is 0 Å². The largest absolute Gasteiger partial charge is 0.326 e. The van der Waals surface area contributed by atoms with Crippen molar-refractivity contribution in [2.24, 2.45) is 5.73 Å². The molecule has 0 fully saturated rings. The van der Waals surface area contributed by atoms with Crippen LogP contribution in [0.15, 0.2) is 29.6 Å². The number of hydrogen-bond acceptors (Lipinski definition) is 4. The summed E-state index contributed by atoms with van der Waals surface area (Å²) in [4.78, 5) is 4.56. The molecule has 84 valence electrons. The highest BCUT2D eigenvalue weighted by Crippen LogP contribution is 2.24. The summed E-state index contributed by atoms with van der Waals surface area (Å²) in [5, 5.41) is 6.24. The maximum absolute atomic E-state index is 5.62. The van der Waals surface area contributed by atoms with Crippen LogP contribution in [0.5, 0.6) is 0 Å². The van der Waals surface area contributed by atoms with Crippen molar-refractivity contribution >= 4 is 11.3 Å². The topological polar surface area (TPSA) is 50.9 Å². The summed E-state index contributed by atoms with van der Waals surface area (Å²) in [6.45, 7) is 1.38. The second-order valence-corrected chi connectivity index (χ2v) is 4.44. The lowest BCUT2D eigenvalue weighted by Gasteiger charge is -1.99. The molecule has 16 heavy (non-hydrogen) atoms. The third-order valence-electron chi connectivity index (χ3n) is 2.32. The first-order valence-corrected chi connectivity index (χ1v) is 6.10. The summed E-state index contributed by atoms with van der Waals surface area (Å²) < 4.78 is 0. The zero-order chi connectivity index (χ0) is 11.4. The van der Waals surface area contributed by atoms with Gasteiger partial charge in [0.1, 0.15) is 5.01 Å². The Bertz CT molecular complexity index is 465. The quantitative estimate of drug-likeness (QED) is 0.849. The van der Waals surface area contributed by atoms with E-state index in [2.05, 4.69) is 27.8 Å². The smallest absolute Gasteiger partial charge is 0.123 e. The number of nitrogens with zero attached hydrogens (tertiary/aromatic N) is 1. The van der Waals surface area contributed by atoms with E-state index in [1.807, 2.05) is 19.2 Å². The highest BCUT2D eigenvalue weighted by atomic mass is 32.1. The molecule has 0 atom stereocenters. The zero-order valence-corrected chi connectivity index (χ0v) is 10.1. The summed E-state index contributed by atoms with van der Waals surface area (Å²) in [6, 6.07) is 8.23. The van der Waals surface area contributed by atoms with Crippen molar-refractivity contribution in [2.75, 3.05) is 7.05 Å². The summed E-state index contributed by atoms with van der Waals surface area (Å²) in [5.41, 5.74) is 9.00. The van der Waals surface area contributed by atoms with Gasteiger partial charge in [0, 0.05) is 24.0 Å². The third-order valence-corrected chi connectivity index (χ3v) is 3.26. The lowest BCUT2D eigenvalue weighted by atomic mass is 10.1. The predicted octanol–water partition coefficient (Wildman–Crippen LogP) is 1.99. The molecule has 0 spiro atoms. The van der Waals surface area contributed by atoms with E-state index in [0.717, 1.165) is 28.4 Å². The number of thiazole rings is 1. The van der Waals surface area contributed by atoms with E-state index < -0.39 is 0 Å². The number of aromatic nitrogens is 1. The van der Waals surface area contributed by atoms with Crippen molar-refractivity contribution in [3.05, 3.63) is 40.9 Å². The van der Waals surface area contributed by atoms with Crippen molar-refractivity contribution in [3.8, 4) is 10.6 Å². The van der Waals surface area contributed by atoms with Crippen molar-refractivity contribution in [2.45, 2.75) is 13.1 Å². The van der Waals surface area contributed by atoms with Gasteiger partial charge < -0.3 is 11.1 Å². The fraction of sp³-hybridized carbons (Fsp3) is 0.250. The van der Waals surface area contributed by atoms with E-state index in [1.54, 1.807) is 11.3 Å². The molecule has 0 saturated heterocycles. The average molecular weight is 233 g/mol. The molecular weight excluding hydrogens is 218 g/mol. The molecule has 0 saturated carbocycles. The SMILES string of the molecule is CNCc1csc(-c2cccc(CN)c2)n1. The molecule has 3 nitrogen and oxygen atoms in total. The van der Waals surface area contributed by atoms with Gasteiger partial charge in [-0.25, -0.2) is 4.98 Å². The average Bonchev–Trinajstić information content (AvgIpc) is 2.78. The first kappa shape index (κ1) is 11.3. The number of nitrogens with two attached hydrogens (primary N) is 1. The first-order chi connectivity index (χ1) is 7.83. The molecule has 2 aromatic rings. The summed E-state index contributed by atoms with van der Waals surface area (Å²) in [6.07, 6.45) is 0. The van der Waals surface area contributed by atoms with Crippen LogP contribution in [-0.2, 0) is 13.1 Å². The van der Waals surface area contributed by atoms with Crippen LogP contribution in [0.4, 0.5) is 0 Å². The Morgan fingerprint density at radius 2 is 2.31 bits per heavy atom. The van der Waals surface area contributed by atoms with Crippen LogP contribution >= 0.6 is 11.3 Å². The molecule has 1 aromatic heterocycles. The minimum absolute atomic E-state index is 0.572. The number of rotatable bonds is 4. The summed E-state index contributed by atoms with van der Waals surface area (Å²) in [7, 11) is 1.92. The van der Waals surface area contributed by atoms with Crippen molar-refractivity contribution in [1.82, 2.24) is 10.3 Å². The molecular formula is C12H15N3S. The number of benzene rings is 1. The molecule has 3 N–H and O–H groups in total. The van der Waals surface area contributed by atoms with Crippen LogP contribution in [-0.4, -0.2) is 12.0 Å². The fourth-order valence-electron chi connectivity index (χ4n) is 1.53. The molecule has 2 rings (SSSR count). The zero-order valence-electron chi connectivity index (χ0n) is 9.23. The number of hydrogen-bond donors (Lipinski definition) is 2. The van der Waals surface area contributed by atoms with Gasteiger partial charge in [0.15, 0.2) is 0 Å². The highest BCUT2D eigenvalue weighted by molar-refractivity contribution is 7.13. The Balaban J connectivity index is 2.27. The maximum Gasteiger partial charge on any atom is 0.123 e. The van der Waals surface area contributed by atoms with Gasteiger partial charge in [-0.3, -0.25) is 0 Å². The summed E-state index contributed by atoms with van der Waals surface area (Å²) in [5.74, 6) is 0. The van der Waals surface area contributed by atoms with Gasteiger partial charge in [0.05, 0.1) is 5.69 Å². The molecule has 1 aromatic carbocycles. The maximum atomic E-state index is 5.62. The van der Waals surface area contributed by atoms with E-state index in [-0.39, 0.29) is 0 Å². The molecule has 0 amide bonds. The van der Waals surface area contributed by atoms with Crippen LogP contribution < -0.4 is 11.1 Å². The van der Waals surface area contributed by atoms with Crippen LogP contribution in [0.3, 0.4) is 0 Å². The van der Waals surface area contributed by atoms with E-state index in [4.69, 9.17) is 5.73 Å². The summed E-state index contributed by atoms with van der Waals surface area (Å²) >= 11 is 1.67. The van der Waals surface area contributed by atoms with Crippen molar-refractivity contribution in [3.63, 3.8) is 0 Å². The number of nitrogens with one attached hydrogen (secondary N) is 1. The monoisotopic (exact) mass is 233 g/mol. The van der Waals surface area contributed by atoms with Gasteiger partial charge in [0.25, 0.3) is 0 Å². The Hall–Kier alpha value is -1.23. The first-order valence-electron chi connectivity index (χ1n) is 5.22. The Morgan fingerprint density at radius 1 is 1.44 bits per heavy atom. The molecule has 0 bridgehead atoms. The molecule has 0 unspecified atom stereocenters. The van der Waals surface area contributed by atoms with Gasteiger partial charge in [0.2, 0.25) is 0 Å². The lowest BCUT2D eigenvalue weighted by molar-refractivity contribution is 0.798. The fourth-order valence-corrected chi connectivity index (χ4v) is 2.35. The molecule has 0 aliphatic rings. The van der Waals surface area contributed by atoms with Crippen LogP contribution in [0.2, 0.25) is 0 Å². The second-order valence-electron chi connectivity index (χ2n) is 3.58. The third kappa shape index (κ3) is 2.47. The van der Waals surface area contributed by atoms with E-state index in [1.165, 1.54) is 0 Å². The second kappa shape index (κ2) is 5.21. The van der Waals surface area contributed by atoms with Crippen LogP contribution in [0.25, 0.3) is 10.6 Å². The molecule has 0 radical (unpaired) electrons. The van der Waals surface area contributed by atoms with Crippen molar-refractivity contribution in [1.29, 1.82) is 0 Å². The minimum Gasteiger partial charge on any atom is -0.326 e. The Morgan fingerprint density at radius 3 is 3.06 bits per heavy atom. The molecule has 4 heteroatoms.